The van der Waals surface area contributed by atoms with Gasteiger partial charge in [0.25, 0.3) is 0 Å². The van der Waals surface area contributed by atoms with Crippen molar-refractivity contribution >= 4 is 50.4 Å². The smallest absolute Gasteiger partial charge is 0.231 e. The number of fused-ring (bicyclic) bond motifs is 2. The van der Waals surface area contributed by atoms with Crippen LogP contribution >= 0.6 is 0 Å². The van der Waals surface area contributed by atoms with Crippen LogP contribution in [-0.4, -0.2) is 80.5 Å². The molecule has 13 nitrogen and oxygen atoms in total. The molecule has 0 amide bonds. The lowest BCUT2D eigenvalue weighted by Crippen LogP contribution is -2.28. The van der Waals surface area contributed by atoms with E-state index in [4.69, 9.17) is 14.9 Å². The maximum Gasteiger partial charge on any atom is 0.231 e. The monoisotopic (exact) mass is 525 g/mol. The van der Waals surface area contributed by atoms with Crippen molar-refractivity contribution in [2.24, 2.45) is 0 Å². The second-order valence-corrected chi connectivity index (χ2v) is 10.4. The van der Waals surface area contributed by atoms with Crippen molar-refractivity contribution in [3.05, 3.63) is 35.5 Å². The quantitative estimate of drug-likeness (QED) is 0.245. The van der Waals surface area contributed by atoms with Gasteiger partial charge in [0.05, 0.1) is 22.4 Å². The third-order valence-corrected chi connectivity index (χ3v) is 7.44. The zero-order valence-electron chi connectivity index (χ0n) is 20.5. The molecule has 0 radical (unpaired) electrons. The number of hydrogen-bond acceptors (Lipinski definition) is 11. The average Bonchev–Trinajstić information content (AvgIpc) is 3.31. The van der Waals surface area contributed by atoms with Gasteiger partial charge in [0.1, 0.15) is 30.7 Å². The van der Waals surface area contributed by atoms with Crippen molar-refractivity contribution in [3.63, 3.8) is 0 Å². The van der Waals surface area contributed by atoms with Gasteiger partial charge in [0.15, 0.2) is 11.5 Å². The second kappa shape index (κ2) is 10.7. The van der Waals surface area contributed by atoms with Crippen LogP contribution in [0, 0.1) is 16.7 Å². The number of rotatable bonds is 10. The number of nitrogens with one attached hydrogen (secondary N) is 5. The minimum absolute atomic E-state index is 0.0787. The predicted molar refractivity (Wildman–Crippen MR) is 141 cm³/mol. The Morgan fingerprint density at radius 2 is 2.03 bits per heavy atom. The summed E-state index contributed by atoms with van der Waals surface area (Å²) < 4.78 is 37.3. The zero-order chi connectivity index (χ0) is 26.6. The van der Waals surface area contributed by atoms with Crippen LogP contribution in [0.1, 0.15) is 11.1 Å². The van der Waals surface area contributed by atoms with Gasteiger partial charge in [-0.1, -0.05) is 0 Å². The standard InChI is InChI=1S/C23H27N9O4S/c1-26-16(6-7-24)15-4-5-17(20-19(15)35-9-10-36-20)29-23-30-21(27-8-11-37(33,34)32(2)3)18-14(12-25)13-28-22(18)31-23/h4-7,13,24,26H,8-11H2,1-3H3,(H3,27,28,29,30,31)/b16-6-,24-7?. The maximum absolute atomic E-state index is 12.2. The van der Waals surface area contributed by atoms with Crippen molar-refractivity contribution < 1.29 is 17.9 Å². The van der Waals surface area contributed by atoms with Gasteiger partial charge in [-0.15, -0.1) is 0 Å². The lowest BCUT2D eigenvalue weighted by Gasteiger charge is -2.24. The van der Waals surface area contributed by atoms with Crippen molar-refractivity contribution in [2.45, 2.75) is 0 Å². The summed E-state index contributed by atoms with van der Waals surface area (Å²) in [7, 11) is 1.27. The maximum atomic E-state index is 12.2. The Kier molecular flexibility index (Phi) is 7.46. The summed E-state index contributed by atoms with van der Waals surface area (Å²) in [4.78, 5) is 12.0. The molecule has 1 aliphatic rings. The van der Waals surface area contributed by atoms with Crippen LogP contribution in [0.3, 0.4) is 0 Å². The van der Waals surface area contributed by atoms with Gasteiger partial charge in [-0.2, -0.15) is 15.2 Å². The minimum atomic E-state index is -3.43. The second-order valence-electron chi connectivity index (χ2n) is 8.10. The third kappa shape index (κ3) is 5.27. The van der Waals surface area contributed by atoms with Crippen LogP contribution < -0.4 is 25.4 Å². The van der Waals surface area contributed by atoms with Crippen LogP contribution in [0.5, 0.6) is 11.5 Å². The van der Waals surface area contributed by atoms with E-state index in [0.29, 0.717) is 58.5 Å². The number of allylic oxidation sites excluding steroid dienone is 1. The fraction of sp³-hybridized carbons (Fsp3) is 0.304. The van der Waals surface area contributed by atoms with Crippen LogP contribution in [0.2, 0.25) is 0 Å². The Labute approximate surface area is 214 Å². The fourth-order valence-electron chi connectivity index (χ4n) is 3.74. The number of H-pyrrole nitrogens is 1. The molecule has 1 aliphatic heterocycles. The number of hydrogen-bond donors (Lipinski definition) is 5. The van der Waals surface area contributed by atoms with E-state index in [2.05, 4.69) is 37.0 Å². The van der Waals surface area contributed by atoms with E-state index in [-0.39, 0.29) is 18.2 Å². The Morgan fingerprint density at radius 1 is 1.27 bits per heavy atom. The molecule has 14 heteroatoms. The molecule has 5 N–H and O–H groups in total. The van der Waals surface area contributed by atoms with Gasteiger partial charge >= 0.3 is 0 Å². The van der Waals surface area contributed by atoms with Crippen molar-refractivity contribution in [1.82, 2.24) is 24.6 Å². The summed E-state index contributed by atoms with van der Waals surface area (Å²) in [5.74, 6) is 1.34. The molecule has 3 aromatic rings. The molecule has 0 saturated heterocycles. The number of benzene rings is 1. The van der Waals surface area contributed by atoms with E-state index >= 15 is 0 Å². The van der Waals surface area contributed by atoms with E-state index in [1.807, 2.05) is 6.07 Å². The normalized spacial score (nSPS) is 13.3. The Balaban J connectivity index is 1.71. The summed E-state index contributed by atoms with van der Waals surface area (Å²) >= 11 is 0. The number of aromatic nitrogens is 3. The summed E-state index contributed by atoms with van der Waals surface area (Å²) in [5.41, 5.74) is 2.71. The van der Waals surface area contributed by atoms with Crippen LogP contribution in [-0.2, 0) is 10.0 Å². The predicted octanol–water partition coefficient (Wildman–Crippen LogP) is 1.86. The zero-order valence-corrected chi connectivity index (χ0v) is 21.4. The molecule has 0 unspecified atom stereocenters. The summed E-state index contributed by atoms with van der Waals surface area (Å²) in [6.45, 7) is 0.801. The highest BCUT2D eigenvalue weighted by Crippen LogP contribution is 2.43. The van der Waals surface area contributed by atoms with E-state index in [1.165, 1.54) is 26.5 Å². The Morgan fingerprint density at radius 3 is 2.70 bits per heavy atom. The number of sulfonamides is 1. The fourth-order valence-corrected chi connectivity index (χ4v) is 4.47. The topological polar surface area (TPSA) is 181 Å². The number of nitrogens with zero attached hydrogens (tertiary/aromatic N) is 4. The highest BCUT2D eigenvalue weighted by Gasteiger charge is 2.23. The Hall–Kier alpha value is -4.35. The lowest BCUT2D eigenvalue weighted by atomic mass is 10.1. The molecule has 3 heterocycles. The van der Waals surface area contributed by atoms with Gasteiger partial charge < -0.3 is 35.8 Å². The molecule has 194 valence electrons. The first-order valence-electron chi connectivity index (χ1n) is 11.3. The first kappa shape index (κ1) is 25.7. The molecule has 0 aliphatic carbocycles. The van der Waals surface area contributed by atoms with Gasteiger partial charge in [0, 0.05) is 51.4 Å². The summed E-state index contributed by atoms with van der Waals surface area (Å²) in [6, 6.07) is 5.71. The van der Waals surface area contributed by atoms with Gasteiger partial charge in [-0.05, 0) is 18.2 Å². The molecule has 0 spiro atoms. The molecule has 1 aromatic carbocycles. The lowest BCUT2D eigenvalue weighted by molar-refractivity contribution is 0.172. The van der Waals surface area contributed by atoms with Crippen LogP contribution in [0.15, 0.2) is 24.4 Å². The van der Waals surface area contributed by atoms with Crippen molar-refractivity contribution in [1.29, 1.82) is 10.7 Å². The molecule has 2 aromatic heterocycles. The van der Waals surface area contributed by atoms with Crippen LogP contribution in [0.25, 0.3) is 16.7 Å². The molecule has 0 saturated carbocycles. The van der Waals surface area contributed by atoms with Gasteiger partial charge in [-0.3, -0.25) is 0 Å². The molecule has 37 heavy (non-hydrogen) atoms. The first-order valence-corrected chi connectivity index (χ1v) is 12.9. The van der Waals surface area contributed by atoms with Gasteiger partial charge in [-0.25, -0.2) is 12.7 Å². The summed E-state index contributed by atoms with van der Waals surface area (Å²) in [6.07, 6.45) is 4.32. The van der Waals surface area contributed by atoms with Crippen molar-refractivity contribution in [3.8, 4) is 17.6 Å². The molecular formula is C23H27N9O4S. The largest absolute Gasteiger partial charge is 0.485 e. The minimum Gasteiger partial charge on any atom is -0.485 e. The van der Waals surface area contributed by atoms with Crippen LogP contribution in [0.4, 0.5) is 17.5 Å². The third-order valence-electron chi connectivity index (χ3n) is 5.61. The van der Waals surface area contributed by atoms with E-state index in [9.17, 15) is 13.7 Å². The number of aromatic amines is 1. The molecular weight excluding hydrogens is 498 g/mol. The summed E-state index contributed by atoms with van der Waals surface area (Å²) in [5, 5.41) is 26.6. The highest BCUT2D eigenvalue weighted by molar-refractivity contribution is 7.89. The average molecular weight is 526 g/mol. The van der Waals surface area contributed by atoms with E-state index in [1.54, 1.807) is 19.2 Å². The number of ether oxygens (including phenoxy) is 2. The highest BCUT2D eigenvalue weighted by atomic mass is 32.2. The van der Waals surface area contributed by atoms with Crippen molar-refractivity contribution in [2.75, 3.05) is 57.3 Å². The SMILES string of the molecule is CN/C(=C\C=N)c1ccc(Nc2nc(NCCS(=O)(=O)N(C)C)c3c(C#N)c[nH]c3n2)c2c1OCCO2. The molecule has 0 fully saturated rings. The van der Waals surface area contributed by atoms with E-state index in [0.717, 1.165) is 9.87 Å². The number of anilines is 3. The van der Waals surface area contributed by atoms with E-state index < -0.39 is 10.0 Å². The van der Waals surface area contributed by atoms with Gasteiger partial charge in [0.2, 0.25) is 16.0 Å². The first-order chi connectivity index (χ1) is 17.8. The Bertz CT molecular complexity index is 1510. The molecule has 0 bridgehead atoms. The molecule has 0 atom stereocenters. The molecule has 4 rings (SSSR count). The number of nitriles is 1.